The molecule has 2 N–H and O–H groups in total. The molecule has 0 amide bonds. The van der Waals surface area contributed by atoms with Crippen molar-refractivity contribution in [1.82, 2.24) is 0 Å². The molecule has 2 aromatic rings. The second-order valence-corrected chi connectivity index (χ2v) is 7.50. The summed E-state index contributed by atoms with van der Waals surface area (Å²) in [4.78, 5) is 0.0377. The molecule has 0 atom stereocenters. The van der Waals surface area contributed by atoms with Gasteiger partial charge in [0.05, 0.1) is 17.3 Å². The van der Waals surface area contributed by atoms with Crippen LogP contribution in [0.1, 0.15) is 5.56 Å². The maximum atomic E-state index is 12.4. The highest BCUT2D eigenvalue weighted by Gasteiger charge is 2.19. The van der Waals surface area contributed by atoms with E-state index in [0.717, 1.165) is 0 Å². The Morgan fingerprint density at radius 1 is 1.14 bits per heavy atom. The molecule has 0 saturated heterocycles. The van der Waals surface area contributed by atoms with Gasteiger partial charge in [0.1, 0.15) is 4.90 Å². The van der Waals surface area contributed by atoms with Crippen LogP contribution in [-0.2, 0) is 16.6 Å². The third kappa shape index (κ3) is 3.90. The number of benzene rings is 2. The van der Waals surface area contributed by atoms with Gasteiger partial charge in [-0.2, -0.15) is 0 Å². The average molecular weight is 411 g/mol. The maximum Gasteiger partial charge on any atom is 0.263 e. The number of hydrogen-bond acceptors (Lipinski definition) is 3. The van der Waals surface area contributed by atoms with Gasteiger partial charge in [0.25, 0.3) is 10.0 Å². The summed E-state index contributed by atoms with van der Waals surface area (Å²) >= 11 is 15.0. The van der Waals surface area contributed by atoms with Gasteiger partial charge in [0.2, 0.25) is 0 Å². The Kier molecular flexibility index (Phi) is 5.16. The monoisotopic (exact) mass is 409 g/mol. The van der Waals surface area contributed by atoms with Gasteiger partial charge in [0.15, 0.2) is 0 Å². The molecule has 0 saturated carbocycles. The van der Waals surface area contributed by atoms with E-state index in [4.69, 9.17) is 28.3 Å². The first-order chi connectivity index (χ1) is 9.83. The van der Waals surface area contributed by atoms with Gasteiger partial charge in [0, 0.05) is 9.50 Å². The molecule has 0 aliphatic heterocycles. The fraction of sp³-hybridized carbons (Fsp3) is 0.0769. The van der Waals surface area contributed by atoms with Gasteiger partial charge in [-0.15, -0.1) is 0 Å². The number of halogens is 3. The number of anilines is 1. The molecule has 21 heavy (non-hydrogen) atoms. The van der Waals surface area contributed by atoms with E-state index in [0.29, 0.717) is 15.1 Å². The van der Waals surface area contributed by atoms with Crippen LogP contribution >= 0.6 is 39.1 Å². The average Bonchev–Trinajstić information content (AvgIpc) is 2.42. The van der Waals surface area contributed by atoms with Crippen LogP contribution in [0.4, 0.5) is 5.69 Å². The Labute approximate surface area is 140 Å². The normalized spacial score (nSPS) is 11.4. The summed E-state index contributed by atoms with van der Waals surface area (Å²) in [6.45, 7) is -0.174. The highest BCUT2D eigenvalue weighted by atomic mass is 79.9. The molecule has 0 aromatic heterocycles. The van der Waals surface area contributed by atoms with E-state index in [-0.39, 0.29) is 22.2 Å². The third-order valence-corrected chi connectivity index (χ3v) is 5.55. The summed E-state index contributed by atoms with van der Waals surface area (Å²) in [6.07, 6.45) is 0. The molecule has 0 aliphatic rings. The SMILES string of the molecule is O=S(=O)(Nc1cc(Cl)ccc1Cl)c1ccc(CO)cc1Br. The van der Waals surface area contributed by atoms with Crippen molar-refractivity contribution in [1.29, 1.82) is 0 Å². The topological polar surface area (TPSA) is 66.4 Å². The van der Waals surface area contributed by atoms with Crippen LogP contribution in [0.5, 0.6) is 0 Å². The van der Waals surface area contributed by atoms with Gasteiger partial charge < -0.3 is 5.11 Å². The highest BCUT2D eigenvalue weighted by Crippen LogP contribution is 2.30. The largest absolute Gasteiger partial charge is 0.392 e. The summed E-state index contributed by atoms with van der Waals surface area (Å²) in [5.41, 5.74) is 0.795. The van der Waals surface area contributed by atoms with Crippen LogP contribution in [0, 0.1) is 0 Å². The van der Waals surface area contributed by atoms with Crippen molar-refractivity contribution in [3.63, 3.8) is 0 Å². The van der Waals surface area contributed by atoms with Crippen molar-refractivity contribution in [3.8, 4) is 0 Å². The number of nitrogens with one attached hydrogen (secondary N) is 1. The van der Waals surface area contributed by atoms with Gasteiger partial charge in [-0.25, -0.2) is 8.42 Å². The molecule has 2 aromatic carbocycles. The van der Waals surface area contributed by atoms with Crippen molar-refractivity contribution in [2.75, 3.05) is 4.72 Å². The van der Waals surface area contributed by atoms with Crippen LogP contribution in [0.3, 0.4) is 0 Å². The molecule has 4 nitrogen and oxygen atoms in total. The first-order valence-corrected chi connectivity index (χ1v) is 8.74. The Hall–Kier alpha value is -0.790. The predicted octanol–water partition coefficient (Wildman–Crippen LogP) is 4.05. The molecule has 0 heterocycles. The van der Waals surface area contributed by atoms with Gasteiger partial charge in [-0.05, 0) is 51.8 Å². The quantitative estimate of drug-likeness (QED) is 0.798. The zero-order valence-electron chi connectivity index (χ0n) is 10.5. The molecule has 0 bridgehead atoms. The third-order valence-electron chi connectivity index (χ3n) is 2.64. The van der Waals surface area contributed by atoms with Crippen LogP contribution in [-0.4, -0.2) is 13.5 Å². The summed E-state index contributed by atoms with van der Waals surface area (Å²) in [6, 6.07) is 8.96. The number of hydrogen-bond donors (Lipinski definition) is 2. The van der Waals surface area contributed by atoms with E-state index in [2.05, 4.69) is 20.7 Å². The first kappa shape index (κ1) is 16.6. The minimum Gasteiger partial charge on any atom is -0.392 e. The number of sulfonamides is 1. The van der Waals surface area contributed by atoms with E-state index < -0.39 is 10.0 Å². The standard InChI is InChI=1S/C13H10BrCl2NO3S/c14-10-5-8(7-18)1-4-13(10)21(19,20)17-12-6-9(15)2-3-11(12)16/h1-6,17-18H,7H2. The van der Waals surface area contributed by atoms with Gasteiger partial charge in [-0.3, -0.25) is 4.72 Å². The van der Waals surface area contributed by atoms with E-state index >= 15 is 0 Å². The number of rotatable bonds is 4. The lowest BCUT2D eigenvalue weighted by Gasteiger charge is -2.12. The molecule has 8 heteroatoms. The minimum atomic E-state index is -3.83. The zero-order valence-corrected chi connectivity index (χ0v) is 14.4. The minimum absolute atomic E-state index is 0.0377. The van der Waals surface area contributed by atoms with Crippen molar-refractivity contribution < 1.29 is 13.5 Å². The Bertz CT molecular complexity index is 781. The second kappa shape index (κ2) is 6.54. The molecule has 0 unspecified atom stereocenters. The summed E-state index contributed by atoms with van der Waals surface area (Å²) < 4.78 is 27.5. The molecule has 0 aliphatic carbocycles. The lowest BCUT2D eigenvalue weighted by Crippen LogP contribution is -2.14. The first-order valence-electron chi connectivity index (χ1n) is 5.70. The Morgan fingerprint density at radius 3 is 2.48 bits per heavy atom. The molecule has 112 valence electrons. The fourth-order valence-corrected chi connectivity index (χ4v) is 4.23. The molecule has 0 fully saturated rings. The molecular formula is C13H10BrCl2NO3S. The number of aliphatic hydroxyl groups excluding tert-OH is 1. The maximum absolute atomic E-state index is 12.4. The number of aliphatic hydroxyl groups is 1. The van der Waals surface area contributed by atoms with Crippen molar-refractivity contribution in [2.24, 2.45) is 0 Å². The molecule has 2 rings (SSSR count). The summed E-state index contributed by atoms with van der Waals surface area (Å²) in [5, 5.41) is 9.65. The van der Waals surface area contributed by atoms with E-state index in [9.17, 15) is 8.42 Å². The van der Waals surface area contributed by atoms with Crippen LogP contribution in [0.15, 0.2) is 45.8 Å². The van der Waals surface area contributed by atoms with Crippen molar-refractivity contribution >= 4 is 54.8 Å². The molecule has 0 radical (unpaired) electrons. The predicted molar refractivity (Wildman–Crippen MR) is 87.3 cm³/mol. The summed E-state index contributed by atoms with van der Waals surface area (Å²) in [7, 11) is -3.83. The van der Waals surface area contributed by atoms with E-state index in [1.807, 2.05) is 0 Å². The Balaban J connectivity index is 2.41. The Morgan fingerprint density at radius 2 is 1.86 bits per heavy atom. The lowest BCUT2D eigenvalue weighted by atomic mass is 10.2. The van der Waals surface area contributed by atoms with Crippen molar-refractivity contribution in [3.05, 3.63) is 56.5 Å². The van der Waals surface area contributed by atoms with Gasteiger partial charge in [-0.1, -0.05) is 29.3 Å². The molecular weight excluding hydrogens is 401 g/mol. The highest BCUT2D eigenvalue weighted by molar-refractivity contribution is 9.10. The second-order valence-electron chi connectivity index (χ2n) is 4.15. The van der Waals surface area contributed by atoms with Crippen molar-refractivity contribution in [2.45, 2.75) is 11.5 Å². The zero-order chi connectivity index (χ0) is 15.6. The van der Waals surface area contributed by atoms with Crippen LogP contribution in [0.2, 0.25) is 10.0 Å². The van der Waals surface area contributed by atoms with Gasteiger partial charge >= 0.3 is 0 Å². The summed E-state index contributed by atoms with van der Waals surface area (Å²) in [5.74, 6) is 0. The molecule has 0 spiro atoms. The fourth-order valence-electron chi connectivity index (χ4n) is 1.64. The lowest BCUT2D eigenvalue weighted by molar-refractivity contribution is 0.281. The smallest absolute Gasteiger partial charge is 0.263 e. The van der Waals surface area contributed by atoms with E-state index in [1.165, 1.54) is 30.3 Å². The van der Waals surface area contributed by atoms with E-state index in [1.54, 1.807) is 6.07 Å². The van der Waals surface area contributed by atoms with Crippen LogP contribution < -0.4 is 4.72 Å². The van der Waals surface area contributed by atoms with Crippen LogP contribution in [0.25, 0.3) is 0 Å².